The SMILES string of the molecule is CC(C)NC(=O)NC(=O)[C@@H](C)OC(=O)C1C[C@H]2CCC[C@@H](C1)C2=O. The number of urea groups is 1. The number of carbonyl (C=O) groups excluding carboxylic acids is 4. The summed E-state index contributed by atoms with van der Waals surface area (Å²) in [5.74, 6) is -1.26. The molecule has 2 aliphatic rings. The molecule has 2 bridgehead atoms. The molecule has 2 N–H and O–H groups in total. The number of carbonyl (C=O) groups is 4. The van der Waals surface area contributed by atoms with Gasteiger partial charge in [0.2, 0.25) is 0 Å². The number of ether oxygens (including phenoxy) is 1. The van der Waals surface area contributed by atoms with E-state index in [0.29, 0.717) is 12.8 Å². The molecule has 2 aliphatic carbocycles. The van der Waals surface area contributed by atoms with Gasteiger partial charge < -0.3 is 10.1 Å². The number of fused-ring (bicyclic) bond motifs is 2. The minimum atomic E-state index is -1.05. The van der Waals surface area contributed by atoms with E-state index in [1.807, 2.05) is 0 Å². The molecule has 0 aliphatic heterocycles. The molecular formula is C17H26N2O5. The molecule has 134 valence electrons. The summed E-state index contributed by atoms with van der Waals surface area (Å²) in [6.45, 7) is 4.98. The molecule has 1 unspecified atom stereocenters. The lowest BCUT2D eigenvalue weighted by Gasteiger charge is -2.36. The van der Waals surface area contributed by atoms with Gasteiger partial charge >= 0.3 is 12.0 Å². The maximum Gasteiger partial charge on any atom is 0.321 e. The van der Waals surface area contributed by atoms with Crippen LogP contribution in [0.3, 0.4) is 0 Å². The van der Waals surface area contributed by atoms with Crippen LogP contribution in [0, 0.1) is 17.8 Å². The lowest BCUT2D eigenvalue weighted by molar-refractivity contribution is -0.162. The van der Waals surface area contributed by atoms with Crippen LogP contribution in [0.5, 0.6) is 0 Å². The average molecular weight is 338 g/mol. The number of imide groups is 1. The van der Waals surface area contributed by atoms with E-state index in [9.17, 15) is 19.2 Å². The van der Waals surface area contributed by atoms with Crippen LogP contribution in [0.15, 0.2) is 0 Å². The minimum Gasteiger partial charge on any atom is -0.452 e. The second kappa shape index (κ2) is 7.77. The Morgan fingerprint density at radius 2 is 1.67 bits per heavy atom. The van der Waals surface area contributed by atoms with Crippen LogP contribution >= 0.6 is 0 Å². The van der Waals surface area contributed by atoms with Crippen molar-refractivity contribution in [3.63, 3.8) is 0 Å². The van der Waals surface area contributed by atoms with Crippen molar-refractivity contribution in [1.82, 2.24) is 10.6 Å². The number of nitrogens with one attached hydrogen (secondary N) is 2. The van der Waals surface area contributed by atoms with Crippen LogP contribution in [-0.4, -0.2) is 35.8 Å². The maximum atomic E-state index is 12.3. The Kier molecular flexibility index (Phi) is 5.96. The number of Topliss-reactive ketones (excluding diaryl/α,β-unsaturated/α-hetero) is 1. The summed E-state index contributed by atoms with van der Waals surface area (Å²) in [6, 6.07) is -0.717. The van der Waals surface area contributed by atoms with E-state index in [4.69, 9.17) is 4.74 Å². The molecule has 2 fully saturated rings. The zero-order valence-electron chi connectivity index (χ0n) is 14.5. The molecule has 4 atom stereocenters. The van der Waals surface area contributed by atoms with Gasteiger partial charge in [-0.15, -0.1) is 0 Å². The molecule has 2 saturated carbocycles. The van der Waals surface area contributed by atoms with Gasteiger partial charge in [-0.2, -0.15) is 0 Å². The number of ketones is 1. The summed E-state index contributed by atoms with van der Waals surface area (Å²) >= 11 is 0. The molecule has 7 nitrogen and oxygen atoms in total. The fraction of sp³-hybridized carbons (Fsp3) is 0.765. The Morgan fingerprint density at radius 3 is 2.21 bits per heavy atom. The van der Waals surface area contributed by atoms with Crippen molar-refractivity contribution in [3.05, 3.63) is 0 Å². The first-order chi connectivity index (χ1) is 11.3. The van der Waals surface area contributed by atoms with E-state index in [1.165, 1.54) is 6.92 Å². The van der Waals surface area contributed by atoms with Crippen molar-refractivity contribution in [1.29, 1.82) is 0 Å². The van der Waals surface area contributed by atoms with Crippen LogP contribution in [0.25, 0.3) is 0 Å². The normalized spacial score (nSPS) is 27.3. The van der Waals surface area contributed by atoms with Crippen molar-refractivity contribution >= 4 is 23.7 Å². The topological polar surface area (TPSA) is 102 Å². The summed E-state index contributed by atoms with van der Waals surface area (Å²) in [6.07, 6.45) is 2.68. The minimum absolute atomic E-state index is 0.0454. The number of hydrogen-bond acceptors (Lipinski definition) is 5. The highest BCUT2D eigenvalue weighted by Crippen LogP contribution is 2.40. The summed E-state index contributed by atoms with van der Waals surface area (Å²) in [4.78, 5) is 47.8. The van der Waals surface area contributed by atoms with Crippen molar-refractivity contribution < 1.29 is 23.9 Å². The molecular weight excluding hydrogens is 312 g/mol. The molecule has 24 heavy (non-hydrogen) atoms. The van der Waals surface area contributed by atoms with E-state index in [-0.39, 0.29) is 29.6 Å². The van der Waals surface area contributed by atoms with Gasteiger partial charge in [-0.3, -0.25) is 19.7 Å². The third-order valence-corrected chi connectivity index (χ3v) is 4.70. The number of amides is 3. The highest BCUT2D eigenvalue weighted by molar-refractivity contribution is 5.97. The monoisotopic (exact) mass is 338 g/mol. The lowest BCUT2D eigenvalue weighted by atomic mass is 9.67. The first-order valence-corrected chi connectivity index (χ1v) is 8.63. The van der Waals surface area contributed by atoms with E-state index in [0.717, 1.165) is 19.3 Å². The Morgan fingerprint density at radius 1 is 1.08 bits per heavy atom. The quantitative estimate of drug-likeness (QED) is 0.757. The predicted octanol–water partition coefficient (Wildman–Crippen LogP) is 1.55. The van der Waals surface area contributed by atoms with Gasteiger partial charge in [0.25, 0.3) is 5.91 Å². The Hall–Kier alpha value is -1.92. The standard InChI is InChI=1S/C17H26N2O5/c1-9(2)18-17(23)19-15(21)10(3)24-16(22)13-7-11-5-4-6-12(8-13)14(11)20/h9-13H,4-8H2,1-3H3,(H2,18,19,21,23)/t10-,11-,12+,13?/m1/s1. The fourth-order valence-corrected chi connectivity index (χ4v) is 3.51. The lowest BCUT2D eigenvalue weighted by Crippen LogP contribution is -2.47. The van der Waals surface area contributed by atoms with Crippen molar-refractivity contribution in [2.75, 3.05) is 0 Å². The van der Waals surface area contributed by atoms with Gasteiger partial charge in [0.05, 0.1) is 5.92 Å². The second-order valence-electron chi connectivity index (χ2n) is 7.09. The van der Waals surface area contributed by atoms with Gasteiger partial charge in [-0.05, 0) is 46.5 Å². The average Bonchev–Trinajstić information content (AvgIpc) is 2.45. The fourth-order valence-electron chi connectivity index (χ4n) is 3.51. The van der Waals surface area contributed by atoms with Crippen LogP contribution in [0.4, 0.5) is 4.79 Å². The summed E-state index contributed by atoms with van der Waals surface area (Å²) in [5.41, 5.74) is 0. The summed E-state index contributed by atoms with van der Waals surface area (Å²) < 4.78 is 5.22. The molecule has 0 aromatic heterocycles. The van der Waals surface area contributed by atoms with Crippen LogP contribution in [-0.2, 0) is 19.1 Å². The second-order valence-corrected chi connectivity index (χ2v) is 7.09. The first-order valence-electron chi connectivity index (χ1n) is 8.63. The van der Waals surface area contributed by atoms with Crippen LogP contribution in [0.1, 0.15) is 52.9 Å². The van der Waals surface area contributed by atoms with Crippen molar-refractivity contribution in [2.24, 2.45) is 17.8 Å². The predicted molar refractivity (Wildman–Crippen MR) is 85.9 cm³/mol. The molecule has 7 heteroatoms. The van der Waals surface area contributed by atoms with E-state index >= 15 is 0 Å². The number of rotatable bonds is 4. The van der Waals surface area contributed by atoms with E-state index in [1.54, 1.807) is 13.8 Å². The Bertz CT molecular complexity index is 515. The molecule has 2 rings (SSSR count). The number of esters is 1. The molecule has 0 radical (unpaired) electrons. The van der Waals surface area contributed by atoms with Gasteiger partial charge in [-0.25, -0.2) is 4.79 Å². The number of hydrogen-bond donors (Lipinski definition) is 2. The molecule has 0 saturated heterocycles. The van der Waals surface area contributed by atoms with E-state index < -0.39 is 24.0 Å². The third-order valence-electron chi connectivity index (χ3n) is 4.70. The molecule has 0 aromatic carbocycles. The largest absolute Gasteiger partial charge is 0.452 e. The van der Waals surface area contributed by atoms with Gasteiger partial charge in [-0.1, -0.05) is 6.42 Å². The molecule has 0 heterocycles. The first kappa shape index (κ1) is 18.4. The van der Waals surface area contributed by atoms with Crippen LogP contribution in [0.2, 0.25) is 0 Å². The van der Waals surface area contributed by atoms with Crippen molar-refractivity contribution in [3.8, 4) is 0 Å². The maximum absolute atomic E-state index is 12.3. The molecule has 0 aromatic rings. The van der Waals surface area contributed by atoms with Gasteiger partial charge in [0.15, 0.2) is 6.10 Å². The smallest absolute Gasteiger partial charge is 0.321 e. The highest BCUT2D eigenvalue weighted by atomic mass is 16.5. The highest BCUT2D eigenvalue weighted by Gasteiger charge is 2.42. The van der Waals surface area contributed by atoms with Crippen LogP contribution < -0.4 is 10.6 Å². The zero-order chi connectivity index (χ0) is 17.9. The molecule has 0 spiro atoms. The van der Waals surface area contributed by atoms with Gasteiger partial charge in [0.1, 0.15) is 5.78 Å². The summed E-state index contributed by atoms with van der Waals surface area (Å²) in [7, 11) is 0. The Balaban J connectivity index is 1.84. The van der Waals surface area contributed by atoms with Crippen molar-refractivity contribution in [2.45, 2.75) is 65.0 Å². The van der Waals surface area contributed by atoms with Gasteiger partial charge in [0, 0.05) is 17.9 Å². The van der Waals surface area contributed by atoms with E-state index in [2.05, 4.69) is 10.6 Å². The Labute approximate surface area is 141 Å². The third kappa shape index (κ3) is 4.55. The zero-order valence-corrected chi connectivity index (χ0v) is 14.5. The summed E-state index contributed by atoms with van der Waals surface area (Å²) in [5, 5.41) is 4.67. The molecule has 3 amide bonds.